The molecule has 4 atom stereocenters. The van der Waals surface area contributed by atoms with E-state index in [1.165, 1.54) is 38.5 Å². The molecule has 0 spiro atoms. The van der Waals surface area contributed by atoms with Crippen LogP contribution in [-0.2, 0) is 14.4 Å². The molecule has 4 unspecified atom stereocenters. The first-order valence-corrected chi connectivity index (χ1v) is 10.6. The van der Waals surface area contributed by atoms with Gasteiger partial charge in [0.1, 0.15) is 19.0 Å². The Morgan fingerprint density at radius 1 is 0.857 bits per heavy atom. The molecule has 0 radical (unpaired) electrons. The van der Waals surface area contributed by atoms with Gasteiger partial charge in [0.05, 0.1) is 18.8 Å². The summed E-state index contributed by atoms with van der Waals surface area (Å²) < 4.78 is 5.24. The summed E-state index contributed by atoms with van der Waals surface area (Å²) in [5.41, 5.74) is 2.80. The summed E-state index contributed by atoms with van der Waals surface area (Å²) in [6, 6.07) is 0. The lowest BCUT2D eigenvalue weighted by atomic mass is 9.98. The number of aliphatic hydroxyl groups excluding tert-OH is 3. The van der Waals surface area contributed by atoms with E-state index < -0.39 is 18.3 Å². The number of methoxy groups -OCH3 is 1. The number of carbonyl (C=O) groups is 1. The highest BCUT2D eigenvalue weighted by Gasteiger charge is 2.28. The molecule has 28 heavy (non-hydrogen) atoms. The van der Waals surface area contributed by atoms with Crippen molar-refractivity contribution >= 4 is 6.79 Å². The molecule has 0 fully saturated rings. The number of nitrogens with one attached hydrogen (secondary N) is 1. The largest absolute Gasteiger partial charge is 0.393 e. The standard InChI is InChI=1S/C20H43NO5.CH2O/c1-16(2)19(23)20(24)18(15-22)26-21-14-12-10-8-6-5-7-9-11-13-17(3)25-4;1-2/h16-24H,5-15H2,1-4H3;1H2. The van der Waals surface area contributed by atoms with Crippen molar-refractivity contribution in [3.63, 3.8) is 0 Å². The van der Waals surface area contributed by atoms with Crippen LogP contribution >= 0.6 is 0 Å². The van der Waals surface area contributed by atoms with Gasteiger partial charge >= 0.3 is 0 Å². The fourth-order valence-corrected chi connectivity index (χ4v) is 2.80. The number of carbonyl (C=O) groups excluding carboxylic acids is 1. The maximum Gasteiger partial charge on any atom is 0.130 e. The quantitative estimate of drug-likeness (QED) is 0.204. The second-order valence-electron chi connectivity index (χ2n) is 7.62. The van der Waals surface area contributed by atoms with Gasteiger partial charge in [0.2, 0.25) is 0 Å². The van der Waals surface area contributed by atoms with Crippen LogP contribution in [0, 0.1) is 5.92 Å². The first kappa shape index (κ1) is 29.6. The Morgan fingerprint density at radius 3 is 1.82 bits per heavy atom. The molecule has 0 aliphatic carbocycles. The van der Waals surface area contributed by atoms with E-state index in [2.05, 4.69) is 12.4 Å². The van der Waals surface area contributed by atoms with Crippen LogP contribution in [0.5, 0.6) is 0 Å². The molecule has 0 heterocycles. The number of rotatable bonds is 18. The molecule has 0 amide bonds. The molecule has 0 aromatic rings. The van der Waals surface area contributed by atoms with Gasteiger partial charge < -0.3 is 24.9 Å². The molecule has 7 nitrogen and oxygen atoms in total. The normalized spacial score (nSPS) is 15.6. The Bertz CT molecular complexity index is 319. The molecule has 0 bridgehead atoms. The van der Waals surface area contributed by atoms with E-state index in [1.807, 2.05) is 20.6 Å². The summed E-state index contributed by atoms with van der Waals surface area (Å²) in [4.78, 5) is 13.3. The SMILES string of the molecule is C=O.COC(C)CCCCCCCCCCNOC(CO)C(O)C(O)C(C)C. The molecule has 0 saturated carbocycles. The summed E-state index contributed by atoms with van der Waals surface area (Å²) in [6.07, 6.45) is 8.45. The topological polar surface area (TPSA) is 108 Å². The fourth-order valence-electron chi connectivity index (χ4n) is 2.80. The van der Waals surface area contributed by atoms with Gasteiger partial charge in [-0.2, -0.15) is 0 Å². The van der Waals surface area contributed by atoms with Gasteiger partial charge in [-0.15, -0.1) is 0 Å². The van der Waals surface area contributed by atoms with E-state index in [0.717, 1.165) is 19.3 Å². The van der Waals surface area contributed by atoms with Crippen molar-refractivity contribution < 1.29 is 29.7 Å². The average Bonchev–Trinajstić information content (AvgIpc) is 2.71. The molecular formula is C21H45NO6. The molecule has 0 aromatic heterocycles. The predicted molar refractivity (Wildman–Crippen MR) is 112 cm³/mol. The number of unbranched alkanes of at least 4 members (excludes halogenated alkanes) is 7. The number of hydrogen-bond donors (Lipinski definition) is 4. The lowest BCUT2D eigenvalue weighted by molar-refractivity contribution is -0.145. The molecule has 0 saturated heterocycles. The lowest BCUT2D eigenvalue weighted by Gasteiger charge is -2.27. The van der Waals surface area contributed by atoms with Crippen LogP contribution in [0.15, 0.2) is 0 Å². The molecule has 4 N–H and O–H groups in total. The van der Waals surface area contributed by atoms with E-state index in [9.17, 15) is 15.3 Å². The molecule has 170 valence electrons. The minimum atomic E-state index is -1.10. The molecular weight excluding hydrogens is 362 g/mol. The van der Waals surface area contributed by atoms with Crippen molar-refractivity contribution in [1.82, 2.24) is 5.48 Å². The zero-order valence-electron chi connectivity index (χ0n) is 18.4. The van der Waals surface area contributed by atoms with Crippen LogP contribution in [0.4, 0.5) is 0 Å². The van der Waals surface area contributed by atoms with E-state index in [1.54, 1.807) is 7.11 Å². The summed E-state index contributed by atoms with van der Waals surface area (Å²) >= 11 is 0. The second kappa shape index (κ2) is 21.1. The Kier molecular flexibility index (Phi) is 22.4. The van der Waals surface area contributed by atoms with Gasteiger partial charge in [0, 0.05) is 13.7 Å². The van der Waals surface area contributed by atoms with Crippen LogP contribution in [0.25, 0.3) is 0 Å². The monoisotopic (exact) mass is 407 g/mol. The van der Waals surface area contributed by atoms with Gasteiger partial charge in [-0.25, -0.2) is 5.48 Å². The number of hydroxylamine groups is 1. The highest BCUT2D eigenvalue weighted by atomic mass is 16.7. The summed E-state index contributed by atoms with van der Waals surface area (Å²) in [7, 11) is 1.77. The Labute approximate surface area is 171 Å². The van der Waals surface area contributed by atoms with Crippen LogP contribution in [0.1, 0.15) is 78.6 Å². The third-order valence-corrected chi connectivity index (χ3v) is 4.87. The third kappa shape index (κ3) is 16.4. The third-order valence-electron chi connectivity index (χ3n) is 4.87. The van der Waals surface area contributed by atoms with Crippen LogP contribution in [0.2, 0.25) is 0 Å². The molecule has 0 aliphatic rings. The summed E-state index contributed by atoms with van der Waals surface area (Å²) in [6.45, 7) is 8.09. The minimum absolute atomic E-state index is 0.0916. The van der Waals surface area contributed by atoms with E-state index in [-0.39, 0.29) is 12.5 Å². The maximum absolute atomic E-state index is 9.97. The second-order valence-corrected chi connectivity index (χ2v) is 7.62. The summed E-state index contributed by atoms with van der Waals surface area (Å²) in [5.74, 6) is -0.0916. The first-order chi connectivity index (χ1) is 13.4. The maximum atomic E-state index is 9.97. The molecule has 0 aromatic carbocycles. The molecule has 0 aliphatic heterocycles. The lowest BCUT2D eigenvalue weighted by Crippen LogP contribution is -2.46. The van der Waals surface area contributed by atoms with Crippen molar-refractivity contribution in [2.75, 3.05) is 20.3 Å². The Hall–Kier alpha value is -0.570. The first-order valence-electron chi connectivity index (χ1n) is 10.6. The van der Waals surface area contributed by atoms with E-state index >= 15 is 0 Å². The van der Waals surface area contributed by atoms with E-state index in [0.29, 0.717) is 12.6 Å². The highest BCUT2D eigenvalue weighted by Crippen LogP contribution is 2.12. The van der Waals surface area contributed by atoms with Gasteiger partial charge in [-0.1, -0.05) is 58.8 Å². The van der Waals surface area contributed by atoms with Crippen molar-refractivity contribution in [3.05, 3.63) is 0 Å². The van der Waals surface area contributed by atoms with Crippen LogP contribution in [-0.4, -0.2) is 66.8 Å². The van der Waals surface area contributed by atoms with Crippen molar-refractivity contribution in [2.45, 2.75) is 103 Å². The van der Waals surface area contributed by atoms with Gasteiger partial charge in [0.15, 0.2) is 0 Å². The number of ether oxygens (including phenoxy) is 1. The van der Waals surface area contributed by atoms with Crippen molar-refractivity contribution in [1.29, 1.82) is 0 Å². The van der Waals surface area contributed by atoms with Crippen LogP contribution in [0.3, 0.4) is 0 Å². The smallest absolute Gasteiger partial charge is 0.130 e. The zero-order chi connectivity index (χ0) is 21.8. The molecule has 7 heteroatoms. The Balaban J connectivity index is 0. The van der Waals surface area contributed by atoms with Gasteiger partial charge in [0.25, 0.3) is 0 Å². The van der Waals surface area contributed by atoms with E-state index in [4.69, 9.17) is 14.4 Å². The number of aliphatic hydroxyl groups is 3. The fraction of sp³-hybridized carbons (Fsp3) is 0.952. The zero-order valence-corrected chi connectivity index (χ0v) is 18.4. The van der Waals surface area contributed by atoms with Crippen molar-refractivity contribution in [3.8, 4) is 0 Å². The predicted octanol–water partition coefficient (Wildman–Crippen LogP) is 2.61. The highest BCUT2D eigenvalue weighted by molar-refractivity contribution is 5.11. The van der Waals surface area contributed by atoms with Gasteiger partial charge in [-0.3, -0.25) is 4.84 Å². The van der Waals surface area contributed by atoms with Crippen molar-refractivity contribution in [2.24, 2.45) is 5.92 Å². The molecule has 0 rings (SSSR count). The van der Waals surface area contributed by atoms with Crippen LogP contribution < -0.4 is 5.48 Å². The summed E-state index contributed by atoms with van der Waals surface area (Å²) in [5, 5.41) is 29.1. The average molecular weight is 408 g/mol. The number of hydrogen-bond acceptors (Lipinski definition) is 7. The Morgan fingerprint density at radius 2 is 1.36 bits per heavy atom. The van der Waals surface area contributed by atoms with Gasteiger partial charge in [-0.05, 0) is 25.7 Å². The minimum Gasteiger partial charge on any atom is -0.393 e.